The van der Waals surface area contributed by atoms with Gasteiger partial charge in [0.25, 0.3) is 0 Å². The molecule has 1 atom stereocenters. The van der Waals surface area contributed by atoms with Crippen molar-refractivity contribution in [3.8, 4) is 18.0 Å². The van der Waals surface area contributed by atoms with E-state index < -0.39 is 6.10 Å². The fourth-order valence-electron chi connectivity index (χ4n) is 4.94. The molecule has 4 heterocycles. The summed E-state index contributed by atoms with van der Waals surface area (Å²) in [5, 5.41) is 28.7. The number of halogens is 1. The van der Waals surface area contributed by atoms with Gasteiger partial charge >= 0.3 is 0 Å². The molecule has 0 saturated carbocycles. The molecule has 0 amide bonds. The Morgan fingerprint density at radius 3 is 2.72 bits per heavy atom. The Morgan fingerprint density at radius 2 is 2.00 bits per heavy atom. The third-order valence-corrected chi connectivity index (χ3v) is 6.92. The Bertz CT molecular complexity index is 1690. The van der Waals surface area contributed by atoms with E-state index in [0.29, 0.717) is 52.3 Å². The first-order valence-electron chi connectivity index (χ1n) is 12.5. The van der Waals surface area contributed by atoms with Crippen molar-refractivity contribution in [3.63, 3.8) is 0 Å². The zero-order valence-corrected chi connectivity index (χ0v) is 21.5. The Morgan fingerprint density at radius 1 is 1.21 bits per heavy atom. The van der Waals surface area contributed by atoms with E-state index in [1.807, 2.05) is 13.8 Å². The Labute approximate surface area is 224 Å². The number of nitriles is 2. The topological polar surface area (TPSA) is 141 Å². The number of likely N-dealkylation sites (tertiary alicyclic amines) is 1. The molecule has 1 aliphatic rings. The summed E-state index contributed by atoms with van der Waals surface area (Å²) < 4.78 is 21.8. The van der Waals surface area contributed by atoms with Gasteiger partial charge in [0.05, 0.1) is 18.0 Å². The van der Waals surface area contributed by atoms with E-state index in [1.54, 1.807) is 40.1 Å². The van der Waals surface area contributed by atoms with Gasteiger partial charge in [0.15, 0.2) is 6.19 Å². The maximum atomic E-state index is 13.8. The van der Waals surface area contributed by atoms with E-state index in [0.717, 1.165) is 23.8 Å². The van der Waals surface area contributed by atoms with Crippen LogP contribution in [0.25, 0.3) is 16.3 Å². The van der Waals surface area contributed by atoms with E-state index in [1.165, 1.54) is 18.3 Å². The van der Waals surface area contributed by atoms with Crippen LogP contribution in [-0.2, 0) is 0 Å². The number of piperidine rings is 1. The van der Waals surface area contributed by atoms with E-state index in [9.17, 15) is 9.65 Å². The molecule has 0 unspecified atom stereocenters. The number of hydrogen-bond acceptors (Lipinski definition) is 9. The molecule has 5 rings (SSSR count). The highest BCUT2D eigenvalue weighted by Crippen LogP contribution is 2.32. The van der Waals surface area contributed by atoms with Crippen molar-refractivity contribution in [2.24, 2.45) is 15.9 Å². The minimum atomic E-state index is -0.495. The largest absolute Gasteiger partial charge is 0.484 e. The third-order valence-electron chi connectivity index (χ3n) is 6.92. The van der Waals surface area contributed by atoms with Gasteiger partial charge in [-0.05, 0) is 50.3 Å². The van der Waals surface area contributed by atoms with Gasteiger partial charge in [-0.15, -0.1) is 0 Å². The first-order valence-corrected chi connectivity index (χ1v) is 12.5. The predicted molar refractivity (Wildman–Crippen MR) is 145 cm³/mol. The summed E-state index contributed by atoms with van der Waals surface area (Å²) >= 11 is 0. The van der Waals surface area contributed by atoms with Crippen molar-refractivity contribution in [3.05, 3.63) is 71.6 Å². The fraction of sp³-hybridized carbons (Fsp3) is 0.286. The second-order valence-electron chi connectivity index (χ2n) is 9.42. The molecule has 0 aliphatic carbocycles. The second-order valence-corrected chi connectivity index (χ2v) is 9.42. The molecular weight excluding hydrogens is 497 g/mol. The molecule has 11 heteroatoms. The number of rotatable bonds is 6. The molecular formula is C28H26FN9O. The van der Waals surface area contributed by atoms with Crippen LogP contribution in [0.15, 0.2) is 59.1 Å². The van der Waals surface area contributed by atoms with Crippen LogP contribution < -0.4 is 10.6 Å². The number of nitrogens with two attached hydrogens (primary N) is 1. The second kappa shape index (κ2) is 10.8. The number of benzene rings is 1. The Balaban J connectivity index is 1.52. The summed E-state index contributed by atoms with van der Waals surface area (Å²) in [6, 6.07) is 8.53. The lowest BCUT2D eigenvalue weighted by molar-refractivity contribution is 0.230. The van der Waals surface area contributed by atoms with Crippen molar-refractivity contribution < 1.29 is 9.13 Å². The van der Waals surface area contributed by atoms with Gasteiger partial charge in [-0.3, -0.25) is 9.98 Å². The first kappa shape index (κ1) is 25.6. The molecule has 0 radical (unpaired) electrons. The van der Waals surface area contributed by atoms with Crippen LogP contribution in [0.4, 0.5) is 4.39 Å². The summed E-state index contributed by atoms with van der Waals surface area (Å²) in [6.07, 6.45) is 9.72. The number of aromatic nitrogens is 3. The van der Waals surface area contributed by atoms with E-state index in [2.05, 4.69) is 27.4 Å². The lowest BCUT2D eigenvalue weighted by Crippen LogP contribution is -2.32. The Hall–Kier alpha value is -5.03. The number of fused-ring (bicyclic) bond motifs is 2. The molecule has 2 N–H and O–H groups in total. The van der Waals surface area contributed by atoms with Crippen LogP contribution in [0, 0.1) is 28.6 Å². The van der Waals surface area contributed by atoms with Crippen LogP contribution in [0.3, 0.4) is 0 Å². The van der Waals surface area contributed by atoms with Crippen LogP contribution >= 0.6 is 0 Å². The Kier molecular flexibility index (Phi) is 7.06. The normalized spacial score (nSPS) is 15.8. The summed E-state index contributed by atoms with van der Waals surface area (Å²) in [6.45, 7) is 5.04. The molecule has 0 spiro atoms. The van der Waals surface area contributed by atoms with Gasteiger partial charge < -0.3 is 15.5 Å². The van der Waals surface area contributed by atoms with Gasteiger partial charge in [0.1, 0.15) is 40.5 Å². The zero-order valence-electron chi connectivity index (χ0n) is 21.5. The zero-order chi connectivity index (χ0) is 27.5. The van der Waals surface area contributed by atoms with Crippen LogP contribution in [0.5, 0.6) is 5.75 Å². The molecule has 4 aromatic rings. The predicted octanol–water partition coefficient (Wildman–Crippen LogP) is 4.10. The standard InChI is InChI=1S/C28H26FN9O/c1-17(35-23-5-7-37(16-31)8-6-23)27(36-32)20-10-26(28-21(11-30)13-34-38(28)15-20)39-18(2)25-14-33-12-19-9-22(29)3-4-24(19)25/h3-4,9-10,12-15,18,23H,5-8,32H2,1-2H3/b35-17?,36-27+/t18-/m1/s1. The third kappa shape index (κ3) is 5.07. The lowest BCUT2D eigenvalue weighted by atomic mass is 10.0. The molecule has 3 aromatic heterocycles. The lowest BCUT2D eigenvalue weighted by Gasteiger charge is -2.26. The summed E-state index contributed by atoms with van der Waals surface area (Å²) in [4.78, 5) is 10.8. The van der Waals surface area contributed by atoms with Crippen LogP contribution in [0.1, 0.15) is 49.5 Å². The highest BCUT2D eigenvalue weighted by atomic mass is 19.1. The molecule has 1 saturated heterocycles. The van der Waals surface area contributed by atoms with Crippen molar-refractivity contribution in [2.45, 2.75) is 38.8 Å². The van der Waals surface area contributed by atoms with Gasteiger partial charge in [-0.1, -0.05) is 6.07 Å². The molecule has 196 valence electrons. The van der Waals surface area contributed by atoms with Crippen molar-refractivity contribution in [2.75, 3.05) is 13.1 Å². The SMILES string of the molecule is CC(=NC1CCN(C#N)CC1)/C(=N\N)c1cc(O[C@H](C)c2cncc3cc(F)ccc23)c2c(C#N)cnn2c1. The van der Waals surface area contributed by atoms with E-state index >= 15 is 0 Å². The quantitative estimate of drug-likeness (QED) is 0.174. The highest BCUT2D eigenvalue weighted by molar-refractivity contribution is 6.47. The number of hydrazone groups is 1. The van der Waals surface area contributed by atoms with Crippen LogP contribution in [-0.4, -0.2) is 50.1 Å². The number of nitrogens with zero attached hydrogens (tertiary/aromatic N) is 8. The smallest absolute Gasteiger partial charge is 0.179 e. The summed E-state index contributed by atoms with van der Waals surface area (Å²) in [7, 11) is 0. The molecule has 1 aliphatic heterocycles. The maximum Gasteiger partial charge on any atom is 0.179 e. The molecule has 39 heavy (non-hydrogen) atoms. The molecule has 0 bridgehead atoms. The highest BCUT2D eigenvalue weighted by Gasteiger charge is 2.22. The van der Waals surface area contributed by atoms with Crippen LogP contribution in [0.2, 0.25) is 0 Å². The minimum Gasteiger partial charge on any atom is -0.484 e. The maximum absolute atomic E-state index is 13.8. The number of aliphatic imine (C=N–C) groups is 1. The molecule has 10 nitrogen and oxygen atoms in total. The monoisotopic (exact) mass is 523 g/mol. The van der Waals surface area contributed by atoms with Crippen molar-refractivity contribution >= 4 is 27.7 Å². The van der Waals surface area contributed by atoms with Crippen molar-refractivity contribution in [1.82, 2.24) is 19.5 Å². The summed E-state index contributed by atoms with van der Waals surface area (Å²) in [5.74, 6) is 5.90. The summed E-state index contributed by atoms with van der Waals surface area (Å²) in [5.41, 5.74) is 3.36. The van der Waals surface area contributed by atoms with Gasteiger partial charge in [-0.2, -0.15) is 20.7 Å². The first-order chi connectivity index (χ1) is 18.9. The van der Waals surface area contributed by atoms with Crippen molar-refractivity contribution in [1.29, 1.82) is 10.5 Å². The van der Waals surface area contributed by atoms with E-state index in [-0.39, 0.29) is 11.9 Å². The van der Waals surface area contributed by atoms with Gasteiger partial charge in [-0.25, -0.2) is 8.91 Å². The van der Waals surface area contributed by atoms with Gasteiger partial charge in [0, 0.05) is 48.2 Å². The average molecular weight is 524 g/mol. The number of hydrogen-bond donors (Lipinski definition) is 1. The molecule has 1 fully saturated rings. The number of pyridine rings is 2. The fourth-order valence-corrected chi connectivity index (χ4v) is 4.94. The minimum absolute atomic E-state index is 0.0596. The number of ether oxygens (including phenoxy) is 1. The van der Waals surface area contributed by atoms with E-state index in [4.69, 9.17) is 20.8 Å². The molecule has 1 aromatic carbocycles. The van der Waals surface area contributed by atoms with Gasteiger partial charge in [0.2, 0.25) is 0 Å². The average Bonchev–Trinajstić information content (AvgIpc) is 3.37.